The summed E-state index contributed by atoms with van der Waals surface area (Å²) in [7, 11) is 0. The molecule has 13 heavy (non-hydrogen) atoms. The van der Waals surface area contributed by atoms with Crippen molar-refractivity contribution < 1.29 is 13.6 Å². The van der Waals surface area contributed by atoms with Gasteiger partial charge in [-0.25, -0.2) is 14.7 Å². The number of rotatable bonds is 4. The Labute approximate surface area is 76.8 Å². The number of nitrogens with two attached hydrogens (primary N) is 1. The van der Waals surface area contributed by atoms with Crippen molar-refractivity contribution in [2.45, 2.75) is 25.2 Å². The van der Waals surface area contributed by atoms with Crippen molar-refractivity contribution in [1.82, 2.24) is 4.90 Å². The molecule has 1 saturated heterocycles. The highest BCUT2D eigenvalue weighted by Gasteiger charge is 2.33. The topological polar surface area (TPSA) is 38.5 Å². The Kier molecular flexibility index (Phi) is 4.02. The molecular formula is C8H16F2N2O. The van der Waals surface area contributed by atoms with Crippen LogP contribution in [0.1, 0.15) is 19.3 Å². The van der Waals surface area contributed by atoms with Crippen LogP contribution in [-0.4, -0.2) is 37.1 Å². The van der Waals surface area contributed by atoms with E-state index in [0.717, 1.165) is 13.0 Å². The van der Waals surface area contributed by atoms with Gasteiger partial charge in [0.1, 0.15) is 0 Å². The summed E-state index contributed by atoms with van der Waals surface area (Å²) in [6.07, 6.45) is 0.773. The molecule has 0 aromatic carbocycles. The Morgan fingerprint density at radius 2 is 1.92 bits per heavy atom. The zero-order valence-corrected chi connectivity index (χ0v) is 7.64. The lowest BCUT2D eigenvalue weighted by Crippen LogP contribution is -2.40. The summed E-state index contributed by atoms with van der Waals surface area (Å²) in [4.78, 5) is 6.42. The number of alkyl halides is 2. The van der Waals surface area contributed by atoms with E-state index in [2.05, 4.69) is 4.84 Å². The van der Waals surface area contributed by atoms with Gasteiger partial charge in [-0.2, -0.15) is 0 Å². The molecule has 0 radical (unpaired) electrons. The Bertz CT molecular complexity index is 145. The highest BCUT2D eigenvalue weighted by molar-refractivity contribution is 4.77. The van der Waals surface area contributed by atoms with Crippen molar-refractivity contribution in [3.63, 3.8) is 0 Å². The van der Waals surface area contributed by atoms with Gasteiger partial charge in [0.25, 0.3) is 5.92 Å². The number of halogens is 2. The van der Waals surface area contributed by atoms with Crippen LogP contribution in [0.4, 0.5) is 8.78 Å². The van der Waals surface area contributed by atoms with Crippen molar-refractivity contribution in [3.05, 3.63) is 0 Å². The first-order valence-electron chi connectivity index (χ1n) is 4.56. The standard InChI is InChI=1S/C8H16F2N2O/c9-8(10)2-5-12(6-3-8)4-1-7-13-11/h1-7,11H2. The molecule has 0 unspecified atom stereocenters. The van der Waals surface area contributed by atoms with E-state index in [1.807, 2.05) is 4.90 Å². The predicted molar refractivity (Wildman–Crippen MR) is 45.4 cm³/mol. The van der Waals surface area contributed by atoms with Gasteiger partial charge in [0.2, 0.25) is 0 Å². The molecular weight excluding hydrogens is 178 g/mol. The molecule has 0 aliphatic carbocycles. The maximum atomic E-state index is 12.7. The predicted octanol–water partition coefficient (Wildman–Crippen LogP) is 0.998. The molecule has 2 N–H and O–H groups in total. The second-order valence-electron chi connectivity index (χ2n) is 3.42. The highest BCUT2D eigenvalue weighted by atomic mass is 19.3. The fourth-order valence-corrected chi connectivity index (χ4v) is 1.48. The third-order valence-corrected chi connectivity index (χ3v) is 2.32. The van der Waals surface area contributed by atoms with Crippen LogP contribution in [0.15, 0.2) is 0 Å². The third kappa shape index (κ3) is 3.97. The van der Waals surface area contributed by atoms with Gasteiger partial charge in [-0.1, -0.05) is 0 Å². The van der Waals surface area contributed by atoms with Gasteiger partial charge in [0.15, 0.2) is 0 Å². The average molecular weight is 194 g/mol. The molecule has 1 aliphatic rings. The molecule has 5 heteroatoms. The van der Waals surface area contributed by atoms with Gasteiger partial charge in [-0.3, -0.25) is 0 Å². The molecule has 0 aromatic heterocycles. The van der Waals surface area contributed by atoms with Crippen molar-refractivity contribution in [2.24, 2.45) is 5.90 Å². The van der Waals surface area contributed by atoms with E-state index < -0.39 is 5.92 Å². The third-order valence-electron chi connectivity index (χ3n) is 2.32. The van der Waals surface area contributed by atoms with Crippen molar-refractivity contribution in [3.8, 4) is 0 Å². The van der Waals surface area contributed by atoms with Gasteiger partial charge in [-0.05, 0) is 6.42 Å². The normalized spacial score (nSPS) is 23.3. The summed E-state index contributed by atoms with van der Waals surface area (Å²) in [6, 6.07) is 0. The molecule has 3 nitrogen and oxygen atoms in total. The summed E-state index contributed by atoms with van der Waals surface area (Å²) < 4.78 is 25.4. The monoisotopic (exact) mass is 194 g/mol. The van der Waals surface area contributed by atoms with E-state index >= 15 is 0 Å². The first kappa shape index (κ1) is 10.8. The summed E-state index contributed by atoms with van der Waals surface area (Å²) in [6.45, 7) is 2.26. The largest absolute Gasteiger partial charge is 0.305 e. The molecule has 1 heterocycles. The van der Waals surface area contributed by atoms with Crippen molar-refractivity contribution in [1.29, 1.82) is 0 Å². The number of piperidine rings is 1. The molecule has 0 bridgehead atoms. The minimum atomic E-state index is -2.44. The van der Waals surface area contributed by atoms with E-state index in [1.165, 1.54) is 0 Å². The molecule has 1 aliphatic heterocycles. The number of nitrogens with zero attached hydrogens (tertiary/aromatic N) is 1. The van der Waals surface area contributed by atoms with Gasteiger partial charge in [0, 0.05) is 32.5 Å². The van der Waals surface area contributed by atoms with Crippen molar-refractivity contribution in [2.75, 3.05) is 26.2 Å². The lowest BCUT2D eigenvalue weighted by atomic mass is 10.1. The summed E-state index contributed by atoms with van der Waals surface area (Å²) in [5, 5.41) is 0. The van der Waals surface area contributed by atoms with Crippen LogP contribution in [0.2, 0.25) is 0 Å². The summed E-state index contributed by atoms with van der Waals surface area (Å²) in [5.41, 5.74) is 0. The summed E-state index contributed by atoms with van der Waals surface area (Å²) >= 11 is 0. The van der Waals surface area contributed by atoms with Gasteiger partial charge >= 0.3 is 0 Å². The first-order chi connectivity index (χ1) is 6.14. The quantitative estimate of drug-likeness (QED) is 0.536. The fourth-order valence-electron chi connectivity index (χ4n) is 1.48. The van der Waals surface area contributed by atoms with E-state index in [4.69, 9.17) is 5.90 Å². The lowest BCUT2D eigenvalue weighted by molar-refractivity contribution is -0.0560. The van der Waals surface area contributed by atoms with Crippen LogP contribution in [0.5, 0.6) is 0 Å². The SMILES string of the molecule is NOCCCN1CCC(F)(F)CC1. The lowest BCUT2D eigenvalue weighted by Gasteiger charge is -2.31. The van der Waals surface area contributed by atoms with Crippen LogP contribution in [0.25, 0.3) is 0 Å². The molecule has 0 atom stereocenters. The highest BCUT2D eigenvalue weighted by Crippen LogP contribution is 2.27. The molecule has 0 amide bonds. The van der Waals surface area contributed by atoms with E-state index in [1.54, 1.807) is 0 Å². The van der Waals surface area contributed by atoms with Gasteiger partial charge < -0.3 is 9.74 Å². The molecule has 0 saturated carbocycles. The Hall–Kier alpha value is -0.260. The number of hydrogen-bond acceptors (Lipinski definition) is 3. The average Bonchev–Trinajstić information content (AvgIpc) is 2.08. The number of hydrogen-bond donors (Lipinski definition) is 1. The Morgan fingerprint density at radius 1 is 1.31 bits per heavy atom. The van der Waals surface area contributed by atoms with E-state index in [0.29, 0.717) is 19.7 Å². The Morgan fingerprint density at radius 3 is 2.46 bits per heavy atom. The minimum Gasteiger partial charge on any atom is -0.305 e. The second-order valence-corrected chi connectivity index (χ2v) is 3.42. The van der Waals surface area contributed by atoms with E-state index in [-0.39, 0.29) is 12.8 Å². The van der Waals surface area contributed by atoms with Crippen LogP contribution in [-0.2, 0) is 4.84 Å². The first-order valence-corrected chi connectivity index (χ1v) is 4.56. The number of likely N-dealkylation sites (tertiary alicyclic amines) is 1. The Balaban J connectivity index is 2.11. The fraction of sp³-hybridized carbons (Fsp3) is 1.00. The molecule has 0 spiro atoms. The van der Waals surface area contributed by atoms with Gasteiger partial charge in [0.05, 0.1) is 6.61 Å². The van der Waals surface area contributed by atoms with E-state index in [9.17, 15) is 8.78 Å². The maximum Gasteiger partial charge on any atom is 0.250 e. The molecule has 1 fully saturated rings. The van der Waals surface area contributed by atoms with Crippen LogP contribution in [0.3, 0.4) is 0 Å². The van der Waals surface area contributed by atoms with Crippen LogP contribution >= 0.6 is 0 Å². The van der Waals surface area contributed by atoms with Crippen molar-refractivity contribution >= 4 is 0 Å². The van der Waals surface area contributed by atoms with Gasteiger partial charge in [-0.15, -0.1) is 0 Å². The van der Waals surface area contributed by atoms with Crippen LogP contribution in [0, 0.1) is 0 Å². The maximum absolute atomic E-state index is 12.7. The summed E-state index contributed by atoms with van der Waals surface area (Å²) in [5.74, 6) is 2.41. The smallest absolute Gasteiger partial charge is 0.250 e. The second kappa shape index (κ2) is 4.83. The zero-order chi connectivity index (χ0) is 9.73. The molecule has 1 rings (SSSR count). The van der Waals surface area contributed by atoms with Crippen LogP contribution < -0.4 is 5.90 Å². The molecule has 78 valence electrons. The zero-order valence-electron chi connectivity index (χ0n) is 7.64. The minimum absolute atomic E-state index is 0.0174. The molecule has 0 aromatic rings.